The Morgan fingerprint density at radius 3 is 2.60 bits per heavy atom. The Kier molecular flexibility index (Phi) is 5.48. The predicted octanol–water partition coefficient (Wildman–Crippen LogP) is 3.89. The number of anilines is 1. The number of aromatic nitrogens is 3. The lowest BCUT2D eigenvalue weighted by atomic mass is 9.90. The van der Waals surface area contributed by atoms with E-state index in [1.807, 2.05) is 32.4 Å². The molecule has 0 aliphatic heterocycles. The zero-order valence-electron chi connectivity index (χ0n) is 17.4. The third-order valence-corrected chi connectivity index (χ3v) is 5.28. The SMILES string of the molecule is Cc1nccc(C(=O)NCC(c2ccc(N(C)C)cc2)c2c[nH]c3ccccc23)n1. The second kappa shape index (κ2) is 8.37. The maximum Gasteiger partial charge on any atom is 0.270 e. The number of nitrogens with one attached hydrogen (secondary N) is 2. The van der Waals surface area contributed by atoms with Crippen molar-refractivity contribution in [3.05, 3.63) is 89.6 Å². The summed E-state index contributed by atoms with van der Waals surface area (Å²) in [5.74, 6) is 0.384. The van der Waals surface area contributed by atoms with Gasteiger partial charge in [-0.1, -0.05) is 30.3 Å². The Labute approximate surface area is 176 Å². The van der Waals surface area contributed by atoms with Gasteiger partial charge in [-0.25, -0.2) is 9.97 Å². The third kappa shape index (κ3) is 4.03. The number of benzene rings is 2. The van der Waals surface area contributed by atoms with E-state index in [1.54, 1.807) is 19.2 Å². The van der Waals surface area contributed by atoms with Crippen molar-refractivity contribution in [2.24, 2.45) is 0 Å². The summed E-state index contributed by atoms with van der Waals surface area (Å²) in [7, 11) is 4.05. The number of aromatic amines is 1. The van der Waals surface area contributed by atoms with Gasteiger partial charge in [-0.05, 0) is 42.3 Å². The first kappa shape index (κ1) is 19.6. The molecular formula is C24H25N5O. The van der Waals surface area contributed by atoms with E-state index in [-0.39, 0.29) is 11.8 Å². The van der Waals surface area contributed by atoms with Crippen molar-refractivity contribution in [2.75, 3.05) is 25.5 Å². The molecule has 4 aromatic rings. The lowest BCUT2D eigenvalue weighted by Crippen LogP contribution is -2.29. The summed E-state index contributed by atoms with van der Waals surface area (Å²) < 4.78 is 0. The smallest absolute Gasteiger partial charge is 0.270 e. The van der Waals surface area contributed by atoms with Gasteiger partial charge in [0.05, 0.1) is 0 Å². The predicted molar refractivity (Wildman–Crippen MR) is 120 cm³/mol. The van der Waals surface area contributed by atoms with Gasteiger partial charge in [-0.3, -0.25) is 4.79 Å². The quantitative estimate of drug-likeness (QED) is 0.516. The van der Waals surface area contributed by atoms with E-state index in [1.165, 1.54) is 0 Å². The molecule has 1 atom stereocenters. The van der Waals surface area contributed by atoms with Crippen LogP contribution in [0.4, 0.5) is 5.69 Å². The molecule has 4 rings (SSSR count). The summed E-state index contributed by atoms with van der Waals surface area (Å²) in [4.78, 5) is 26.4. The Morgan fingerprint density at radius 1 is 1.10 bits per heavy atom. The largest absolute Gasteiger partial charge is 0.378 e. The minimum atomic E-state index is -0.199. The zero-order chi connectivity index (χ0) is 21.1. The van der Waals surface area contributed by atoms with Crippen LogP contribution >= 0.6 is 0 Å². The van der Waals surface area contributed by atoms with Crippen LogP contribution in [0.1, 0.15) is 33.4 Å². The van der Waals surface area contributed by atoms with Gasteiger partial charge >= 0.3 is 0 Å². The highest BCUT2D eigenvalue weighted by Gasteiger charge is 2.20. The molecular weight excluding hydrogens is 374 g/mol. The van der Waals surface area contributed by atoms with Gasteiger partial charge in [0, 0.05) is 55.5 Å². The monoisotopic (exact) mass is 399 g/mol. The molecule has 1 amide bonds. The van der Waals surface area contributed by atoms with Gasteiger partial charge in [-0.2, -0.15) is 0 Å². The minimum absolute atomic E-state index is 0.00393. The molecule has 2 N–H and O–H groups in total. The van der Waals surface area contributed by atoms with Gasteiger partial charge in [0.2, 0.25) is 0 Å². The number of aryl methyl sites for hydroxylation is 1. The molecule has 6 nitrogen and oxygen atoms in total. The van der Waals surface area contributed by atoms with Crippen molar-refractivity contribution < 1.29 is 4.79 Å². The molecule has 0 radical (unpaired) electrons. The Morgan fingerprint density at radius 2 is 1.87 bits per heavy atom. The van der Waals surface area contributed by atoms with Crippen LogP contribution in [0.5, 0.6) is 0 Å². The van der Waals surface area contributed by atoms with E-state index in [9.17, 15) is 4.79 Å². The minimum Gasteiger partial charge on any atom is -0.378 e. The van der Waals surface area contributed by atoms with Gasteiger partial charge in [0.25, 0.3) is 5.91 Å². The summed E-state index contributed by atoms with van der Waals surface area (Å²) in [6, 6.07) is 18.3. The highest BCUT2D eigenvalue weighted by atomic mass is 16.1. The second-order valence-electron chi connectivity index (χ2n) is 7.53. The van der Waals surface area contributed by atoms with Crippen molar-refractivity contribution in [1.29, 1.82) is 0 Å². The number of nitrogens with zero attached hydrogens (tertiary/aromatic N) is 3. The summed E-state index contributed by atoms with van der Waals surface area (Å²) >= 11 is 0. The number of carbonyl (C=O) groups is 1. The van der Waals surface area contributed by atoms with E-state index < -0.39 is 0 Å². The molecule has 0 saturated carbocycles. The van der Waals surface area contributed by atoms with E-state index in [0.29, 0.717) is 18.1 Å². The number of hydrogen-bond acceptors (Lipinski definition) is 4. The summed E-state index contributed by atoms with van der Waals surface area (Å²) in [6.07, 6.45) is 3.64. The molecule has 2 aromatic heterocycles. The lowest BCUT2D eigenvalue weighted by Gasteiger charge is -2.20. The summed E-state index contributed by atoms with van der Waals surface area (Å²) in [5.41, 5.74) is 4.90. The highest BCUT2D eigenvalue weighted by molar-refractivity contribution is 5.92. The zero-order valence-corrected chi connectivity index (χ0v) is 17.4. The molecule has 0 spiro atoms. The number of hydrogen-bond donors (Lipinski definition) is 2. The topological polar surface area (TPSA) is 73.9 Å². The van der Waals surface area contributed by atoms with Crippen molar-refractivity contribution in [3.63, 3.8) is 0 Å². The first-order valence-electron chi connectivity index (χ1n) is 9.94. The van der Waals surface area contributed by atoms with Crippen LogP contribution in [0, 0.1) is 6.92 Å². The molecule has 0 aliphatic rings. The van der Waals surface area contributed by atoms with Crippen LogP contribution in [-0.2, 0) is 0 Å². The van der Waals surface area contributed by atoms with Crippen LogP contribution in [0.15, 0.2) is 67.0 Å². The average molecular weight is 399 g/mol. The van der Waals surface area contributed by atoms with Crippen LogP contribution in [0.2, 0.25) is 0 Å². The Balaban J connectivity index is 1.66. The molecule has 1 unspecified atom stereocenters. The fraction of sp³-hybridized carbons (Fsp3) is 0.208. The van der Waals surface area contributed by atoms with E-state index in [2.05, 4.69) is 61.6 Å². The molecule has 6 heteroatoms. The maximum atomic E-state index is 12.7. The number of amides is 1. The van der Waals surface area contributed by atoms with Gasteiger partial charge < -0.3 is 15.2 Å². The fourth-order valence-electron chi connectivity index (χ4n) is 3.66. The van der Waals surface area contributed by atoms with Crippen LogP contribution < -0.4 is 10.2 Å². The normalized spacial score (nSPS) is 12.0. The van der Waals surface area contributed by atoms with Crippen LogP contribution in [0.25, 0.3) is 10.9 Å². The molecule has 0 saturated heterocycles. The summed E-state index contributed by atoms with van der Waals surface area (Å²) in [5, 5.41) is 4.22. The van der Waals surface area contributed by atoms with E-state index in [0.717, 1.165) is 27.7 Å². The number of fused-ring (bicyclic) bond motifs is 1. The second-order valence-corrected chi connectivity index (χ2v) is 7.53. The Hall–Kier alpha value is -3.67. The Bertz CT molecular complexity index is 1160. The van der Waals surface area contributed by atoms with Gasteiger partial charge in [0.15, 0.2) is 0 Å². The number of para-hydroxylation sites is 1. The standard InChI is InChI=1S/C24H25N5O/c1-16-25-13-12-23(28-16)24(30)27-14-20(17-8-10-18(11-9-17)29(2)3)21-15-26-22-7-5-4-6-19(21)22/h4-13,15,20,26H,14H2,1-3H3,(H,27,30). The fourth-order valence-corrected chi connectivity index (χ4v) is 3.66. The third-order valence-electron chi connectivity index (χ3n) is 5.28. The summed E-state index contributed by atoms with van der Waals surface area (Å²) in [6.45, 7) is 2.24. The van der Waals surface area contributed by atoms with E-state index in [4.69, 9.17) is 0 Å². The maximum absolute atomic E-state index is 12.7. The number of carbonyl (C=O) groups excluding carboxylic acids is 1. The highest BCUT2D eigenvalue weighted by Crippen LogP contribution is 2.31. The molecule has 0 aliphatic carbocycles. The van der Waals surface area contributed by atoms with Gasteiger partial charge in [-0.15, -0.1) is 0 Å². The van der Waals surface area contributed by atoms with Crippen molar-refractivity contribution in [2.45, 2.75) is 12.8 Å². The first-order chi connectivity index (χ1) is 14.5. The first-order valence-corrected chi connectivity index (χ1v) is 9.94. The van der Waals surface area contributed by atoms with Gasteiger partial charge in [0.1, 0.15) is 11.5 Å². The van der Waals surface area contributed by atoms with E-state index >= 15 is 0 Å². The van der Waals surface area contributed by atoms with Crippen molar-refractivity contribution in [3.8, 4) is 0 Å². The molecule has 0 bridgehead atoms. The lowest BCUT2D eigenvalue weighted by molar-refractivity contribution is 0.0947. The van der Waals surface area contributed by atoms with Crippen LogP contribution in [-0.4, -0.2) is 41.5 Å². The van der Waals surface area contributed by atoms with Crippen LogP contribution in [0.3, 0.4) is 0 Å². The number of H-pyrrole nitrogens is 1. The van der Waals surface area contributed by atoms with Crippen molar-refractivity contribution in [1.82, 2.24) is 20.3 Å². The molecule has 2 heterocycles. The average Bonchev–Trinajstić information content (AvgIpc) is 3.18. The van der Waals surface area contributed by atoms with Crippen molar-refractivity contribution >= 4 is 22.5 Å². The number of rotatable bonds is 6. The molecule has 152 valence electrons. The molecule has 30 heavy (non-hydrogen) atoms. The molecule has 2 aromatic carbocycles. The molecule has 0 fully saturated rings.